The molecule has 0 saturated heterocycles. The number of carbonyl (C=O) groups is 1. The van der Waals surface area contributed by atoms with Crippen molar-refractivity contribution in [2.75, 3.05) is 13.2 Å². The van der Waals surface area contributed by atoms with Crippen molar-refractivity contribution in [2.24, 2.45) is 5.92 Å². The van der Waals surface area contributed by atoms with Crippen molar-refractivity contribution in [1.82, 2.24) is 19.8 Å². The monoisotopic (exact) mass is 458 g/mol. The number of aryl methyl sites for hydroxylation is 2. The second-order valence-corrected chi connectivity index (χ2v) is 8.39. The second-order valence-electron chi connectivity index (χ2n) is 8.39. The average Bonchev–Trinajstić information content (AvgIpc) is 3.43. The number of aliphatic carboxylic acids is 1. The van der Waals surface area contributed by atoms with Crippen LogP contribution in [-0.2, 0) is 29.2 Å². The molecule has 1 N–H and O–H groups in total. The fraction of sp³-hybridized carbons (Fsp3) is 0.667. The number of fused-ring (bicyclic) bond motifs is 1. The summed E-state index contributed by atoms with van der Waals surface area (Å²) in [5.41, 5.74) is 3.43. The minimum absolute atomic E-state index is 0.183. The summed E-state index contributed by atoms with van der Waals surface area (Å²) in [4.78, 5) is 11.3. The van der Waals surface area contributed by atoms with Gasteiger partial charge in [-0.3, -0.25) is 9.58 Å². The Labute approximate surface area is 184 Å². The van der Waals surface area contributed by atoms with Crippen LogP contribution in [-0.4, -0.2) is 56.3 Å². The molecule has 0 radical (unpaired) electrons. The van der Waals surface area contributed by atoms with Crippen LogP contribution in [0.5, 0.6) is 0 Å². The Morgan fingerprint density at radius 2 is 1.97 bits per heavy atom. The number of rotatable bonds is 5. The summed E-state index contributed by atoms with van der Waals surface area (Å²) in [7, 11) is 0. The molecule has 0 spiro atoms. The van der Waals surface area contributed by atoms with Gasteiger partial charge in [0.15, 0.2) is 0 Å². The maximum atomic E-state index is 10.6. The van der Waals surface area contributed by atoms with Gasteiger partial charge >= 0.3 is 12.1 Å². The van der Waals surface area contributed by atoms with Crippen molar-refractivity contribution in [1.29, 1.82) is 0 Å². The summed E-state index contributed by atoms with van der Waals surface area (Å²) < 4.78 is 45.5. The van der Waals surface area contributed by atoms with E-state index in [2.05, 4.69) is 25.9 Å². The third kappa shape index (κ3) is 6.55. The highest BCUT2D eigenvalue weighted by atomic mass is 19.4. The van der Waals surface area contributed by atoms with Crippen LogP contribution in [0.3, 0.4) is 0 Å². The summed E-state index contributed by atoms with van der Waals surface area (Å²) >= 11 is 0. The molecular formula is C21H29F3N4O4. The van der Waals surface area contributed by atoms with Crippen molar-refractivity contribution in [2.45, 2.75) is 71.4 Å². The van der Waals surface area contributed by atoms with E-state index >= 15 is 0 Å². The quantitative estimate of drug-likeness (QED) is 0.730. The van der Waals surface area contributed by atoms with E-state index in [0.29, 0.717) is 0 Å². The zero-order chi connectivity index (χ0) is 23.3. The lowest BCUT2D eigenvalue weighted by atomic mass is 10.1. The molecule has 2 aliphatic rings. The lowest BCUT2D eigenvalue weighted by molar-refractivity contribution is -0.192. The number of ether oxygens (including phenoxy) is 1. The van der Waals surface area contributed by atoms with Crippen molar-refractivity contribution in [3.63, 3.8) is 0 Å². The van der Waals surface area contributed by atoms with Crippen molar-refractivity contribution in [3.8, 4) is 0 Å². The molecular weight excluding hydrogens is 429 g/mol. The highest BCUT2D eigenvalue weighted by Gasteiger charge is 2.38. The number of alkyl halides is 3. The summed E-state index contributed by atoms with van der Waals surface area (Å²) in [5.74, 6) is -1.09. The largest absolute Gasteiger partial charge is 0.490 e. The second kappa shape index (κ2) is 10.5. The number of hydrogen-bond donors (Lipinski definition) is 1. The maximum Gasteiger partial charge on any atom is 0.490 e. The minimum Gasteiger partial charge on any atom is -0.475 e. The number of nitrogens with zero attached hydrogens (tertiary/aromatic N) is 4. The van der Waals surface area contributed by atoms with Gasteiger partial charge in [-0.05, 0) is 38.7 Å². The van der Waals surface area contributed by atoms with Crippen LogP contribution in [0.1, 0.15) is 48.4 Å². The Balaban J connectivity index is 0.000000360. The Morgan fingerprint density at radius 3 is 2.56 bits per heavy atom. The van der Waals surface area contributed by atoms with E-state index in [1.54, 1.807) is 0 Å². The lowest BCUT2D eigenvalue weighted by Gasteiger charge is -2.25. The minimum atomic E-state index is -5.08. The van der Waals surface area contributed by atoms with Gasteiger partial charge in [0.25, 0.3) is 0 Å². The molecule has 0 amide bonds. The Bertz CT molecular complexity index is 870. The molecule has 4 rings (SSSR count). The molecule has 2 aromatic heterocycles. The molecule has 11 heteroatoms. The number of carboxylic acid groups (broad SMARTS) is 1. The van der Waals surface area contributed by atoms with Gasteiger partial charge in [-0.2, -0.15) is 18.3 Å². The van der Waals surface area contributed by atoms with Gasteiger partial charge in [0.1, 0.15) is 5.76 Å². The van der Waals surface area contributed by atoms with E-state index in [1.807, 2.05) is 20.0 Å². The standard InChI is InChI=1S/C19H28N4O2.C2HF3O2/c1-14-19(15(2)25-21-14)12-22-9-17-7-8-20-23(17)11-18(10-22)24-13-16-5-3-4-6-16;3-2(4,5)1(6)7/h7-8,16,18H,3-6,9-13H2,1-2H3;(H,6,7). The summed E-state index contributed by atoms with van der Waals surface area (Å²) in [5, 5.41) is 15.7. The number of carboxylic acids is 1. The Hall–Kier alpha value is -2.40. The normalized spacial score (nSPS) is 19.8. The van der Waals surface area contributed by atoms with Gasteiger partial charge in [-0.15, -0.1) is 0 Å². The van der Waals surface area contributed by atoms with Gasteiger partial charge < -0.3 is 14.4 Å². The van der Waals surface area contributed by atoms with Gasteiger partial charge in [0.2, 0.25) is 0 Å². The van der Waals surface area contributed by atoms with Crippen molar-refractivity contribution < 1.29 is 32.3 Å². The van der Waals surface area contributed by atoms with Crippen LogP contribution < -0.4 is 0 Å². The van der Waals surface area contributed by atoms with Crippen LogP contribution in [0.4, 0.5) is 13.2 Å². The molecule has 3 heterocycles. The molecule has 1 fully saturated rings. The fourth-order valence-electron chi connectivity index (χ4n) is 4.12. The maximum absolute atomic E-state index is 10.6. The van der Waals surface area contributed by atoms with E-state index in [0.717, 1.165) is 50.2 Å². The van der Waals surface area contributed by atoms with Crippen molar-refractivity contribution in [3.05, 3.63) is 35.0 Å². The van der Waals surface area contributed by atoms with Crippen LogP contribution in [0.25, 0.3) is 0 Å². The Morgan fingerprint density at radius 1 is 1.28 bits per heavy atom. The molecule has 2 aromatic rings. The summed E-state index contributed by atoms with van der Waals surface area (Å²) in [6.07, 6.45) is 2.36. The number of hydrogen-bond acceptors (Lipinski definition) is 6. The van der Waals surface area contributed by atoms with Gasteiger partial charge in [-0.1, -0.05) is 18.0 Å². The number of halogens is 3. The SMILES string of the molecule is Cc1noc(C)c1CN1Cc2ccnn2CC(OCC2CCCC2)C1.O=C(O)C(F)(F)F. The topological polar surface area (TPSA) is 93.6 Å². The molecule has 1 unspecified atom stereocenters. The molecule has 0 bridgehead atoms. The first-order valence-electron chi connectivity index (χ1n) is 10.7. The molecule has 1 saturated carbocycles. The van der Waals surface area contributed by atoms with Gasteiger partial charge in [0.05, 0.1) is 24.0 Å². The van der Waals surface area contributed by atoms with E-state index in [4.69, 9.17) is 19.2 Å². The third-order valence-corrected chi connectivity index (χ3v) is 5.88. The predicted octanol–water partition coefficient (Wildman–Crippen LogP) is 3.71. The Kier molecular flexibility index (Phi) is 7.94. The molecule has 32 heavy (non-hydrogen) atoms. The average molecular weight is 458 g/mol. The first kappa shape index (κ1) is 24.2. The van der Waals surface area contributed by atoms with Crippen LogP contribution in [0.15, 0.2) is 16.8 Å². The van der Waals surface area contributed by atoms with E-state index < -0.39 is 12.1 Å². The van der Waals surface area contributed by atoms with Crippen molar-refractivity contribution >= 4 is 5.97 Å². The molecule has 0 aromatic carbocycles. The first-order valence-corrected chi connectivity index (χ1v) is 10.7. The molecule has 8 nitrogen and oxygen atoms in total. The lowest BCUT2D eigenvalue weighted by Crippen LogP contribution is -2.34. The van der Waals surface area contributed by atoms with E-state index in [1.165, 1.54) is 36.9 Å². The summed E-state index contributed by atoms with van der Waals surface area (Å²) in [6.45, 7) is 8.38. The molecule has 1 aliphatic heterocycles. The van der Waals surface area contributed by atoms with Gasteiger partial charge in [-0.25, -0.2) is 4.79 Å². The molecule has 1 atom stereocenters. The summed E-state index contributed by atoms with van der Waals surface area (Å²) in [6, 6.07) is 2.11. The molecule has 178 valence electrons. The highest BCUT2D eigenvalue weighted by molar-refractivity contribution is 5.73. The van der Waals surface area contributed by atoms with Crippen LogP contribution in [0.2, 0.25) is 0 Å². The first-order chi connectivity index (χ1) is 15.1. The van der Waals surface area contributed by atoms with Crippen LogP contribution in [0, 0.1) is 19.8 Å². The zero-order valence-electron chi connectivity index (χ0n) is 18.3. The molecule has 1 aliphatic carbocycles. The van der Waals surface area contributed by atoms with Crippen LogP contribution >= 0.6 is 0 Å². The third-order valence-electron chi connectivity index (χ3n) is 5.88. The fourth-order valence-corrected chi connectivity index (χ4v) is 4.12. The highest BCUT2D eigenvalue weighted by Crippen LogP contribution is 2.26. The smallest absolute Gasteiger partial charge is 0.475 e. The predicted molar refractivity (Wildman–Crippen MR) is 108 cm³/mol. The number of aromatic nitrogens is 3. The van der Waals surface area contributed by atoms with E-state index in [-0.39, 0.29) is 6.10 Å². The zero-order valence-corrected chi connectivity index (χ0v) is 18.3. The van der Waals surface area contributed by atoms with Gasteiger partial charge in [0, 0.05) is 38.0 Å². The van der Waals surface area contributed by atoms with E-state index in [9.17, 15) is 13.2 Å².